The van der Waals surface area contributed by atoms with Crippen molar-refractivity contribution < 1.29 is 18.3 Å². The number of pyridine rings is 1. The van der Waals surface area contributed by atoms with Gasteiger partial charge in [0, 0.05) is 22.8 Å². The molecule has 1 saturated heterocycles. The van der Waals surface area contributed by atoms with E-state index in [-0.39, 0.29) is 23.2 Å². The van der Waals surface area contributed by atoms with Gasteiger partial charge < -0.3 is 4.74 Å². The van der Waals surface area contributed by atoms with Gasteiger partial charge >= 0.3 is 0 Å². The molecule has 0 spiro atoms. The fraction of sp³-hybridized carbons (Fsp3) is 0.100. The number of amides is 1. The van der Waals surface area contributed by atoms with Gasteiger partial charge in [-0.05, 0) is 42.5 Å². The molecule has 0 radical (unpaired) electrons. The quantitative estimate of drug-likeness (QED) is 0.554. The van der Waals surface area contributed by atoms with Crippen LogP contribution in [0.1, 0.15) is 10.9 Å². The Bertz CT molecular complexity index is 1050. The molecule has 4 rings (SSSR count). The zero-order chi connectivity index (χ0) is 19.7. The number of thioether (sulfide) groups is 1. The monoisotopic (exact) mass is 418 g/mol. The van der Waals surface area contributed by atoms with E-state index < -0.39 is 17.0 Å². The maximum atomic E-state index is 14.4. The van der Waals surface area contributed by atoms with Crippen molar-refractivity contribution in [3.05, 3.63) is 83.0 Å². The molecule has 4 nitrogen and oxygen atoms in total. The summed E-state index contributed by atoms with van der Waals surface area (Å²) >= 11 is 7.32. The molecular formula is C20H13ClF2N2O2S. The molecule has 1 aromatic heterocycles. The molecule has 8 heteroatoms. The van der Waals surface area contributed by atoms with Gasteiger partial charge in [-0.15, -0.1) is 11.8 Å². The molecule has 0 aliphatic carbocycles. The topological polar surface area (TPSA) is 42.4 Å². The second-order valence-corrected chi connectivity index (χ2v) is 7.49. The molecule has 2 heterocycles. The lowest BCUT2D eigenvalue weighted by Crippen LogP contribution is -2.29. The molecule has 1 amide bonds. The number of ether oxygens (including phenoxy) is 1. The van der Waals surface area contributed by atoms with Crippen LogP contribution in [0.2, 0.25) is 5.02 Å². The summed E-state index contributed by atoms with van der Waals surface area (Å²) in [5.74, 6) is -0.859. The standard InChI is InChI=1S/C20H13ClF2N2O2S/c21-12-3-1-4-14(9-12)27-19-15(5-2-8-24-19)20-25(18(26)11-28-20)17-7-6-13(22)10-16(17)23/h1-10,20H,11H2. The van der Waals surface area contributed by atoms with Crippen LogP contribution in [0.5, 0.6) is 11.6 Å². The van der Waals surface area contributed by atoms with E-state index in [1.54, 1.807) is 42.6 Å². The van der Waals surface area contributed by atoms with Crippen LogP contribution in [0.15, 0.2) is 60.8 Å². The lowest BCUT2D eigenvalue weighted by molar-refractivity contribution is -0.115. The Kier molecular flexibility index (Phi) is 5.19. The van der Waals surface area contributed by atoms with Crippen molar-refractivity contribution >= 4 is 35.0 Å². The zero-order valence-electron chi connectivity index (χ0n) is 14.3. The van der Waals surface area contributed by atoms with E-state index in [0.717, 1.165) is 12.1 Å². The smallest absolute Gasteiger partial charge is 0.238 e. The van der Waals surface area contributed by atoms with Gasteiger partial charge in [0.15, 0.2) is 0 Å². The summed E-state index contributed by atoms with van der Waals surface area (Å²) in [5, 5.41) is -0.0502. The van der Waals surface area contributed by atoms with Crippen molar-refractivity contribution in [3.8, 4) is 11.6 Å². The van der Waals surface area contributed by atoms with E-state index in [2.05, 4.69) is 4.98 Å². The number of hydrogen-bond acceptors (Lipinski definition) is 4. The predicted octanol–water partition coefficient (Wildman–Crippen LogP) is 5.58. The van der Waals surface area contributed by atoms with E-state index in [1.165, 1.54) is 22.7 Å². The van der Waals surface area contributed by atoms with Crippen molar-refractivity contribution in [1.29, 1.82) is 0 Å². The number of hydrogen-bond donors (Lipinski definition) is 0. The Morgan fingerprint density at radius 1 is 1.14 bits per heavy atom. The van der Waals surface area contributed by atoms with E-state index in [4.69, 9.17) is 16.3 Å². The van der Waals surface area contributed by atoms with Crippen molar-refractivity contribution in [1.82, 2.24) is 4.98 Å². The predicted molar refractivity (Wildman–Crippen MR) is 105 cm³/mol. The Labute approximate surface area is 169 Å². The van der Waals surface area contributed by atoms with Crippen LogP contribution >= 0.6 is 23.4 Å². The SMILES string of the molecule is O=C1CSC(c2cccnc2Oc2cccc(Cl)c2)N1c1ccc(F)cc1F. The van der Waals surface area contributed by atoms with Gasteiger partial charge in [0.2, 0.25) is 11.8 Å². The Hall–Kier alpha value is -2.64. The Morgan fingerprint density at radius 3 is 2.79 bits per heavy atom. The second kappa shape index (κ2) is 7.77. The van der Waals surface area contributed by atoms with E-state index in [0.29, 0.717) is 16.3 Å². The first-order chi connectivity index (χ1) is 13.5. The van der Waals surface area contributed by atoms with Gasteiger partial charge in [0.05, 0.1) is 11.4 Å². The number of anilines is 1. The number of rotatable bonds is 4. The van der Waals surface area contributed by atoms with Crippen molar-refractivity contribution in [2.24, 2.45) is 0 Å². The van der Waals surface area contributed by atoms with Crippen LogP contribution in [0.4, 0.5) is 14.5 Å². The Morgan fingerprint density at radius 2 is 2.00 bits per heavy atom. The highest BCUT2D eigenvalue weighted by molar-refractivity contribution is 8.00. The van der Waals surface area contributed by atoms with Crippen LogP contribution in [0.25, 0.3) is 0 Å². The van der Waals surface area contributed by atoms with Gasteiger partial charge in [-0.3, -0.25) is 9.69 Å². The third-order valence-corrected chi connectivity index (χ3v) is 5.54. The summed E-state index contributed by atoms with van der Waals surface area (Å²) in [7, 11) is 0. The van der Waals surface area contributed by atoms with Crippen LogP contribution in [-0.4, -0.2) is 16.6 Å². The lowest BCUT2D eigenvalue weighted by atomic mass is 10.2. The molecular weight excluding hydrogens is 406 g/mol. The highest BCUT2D eigenvalue weighted by Crippen LogP contribution is 2.45. The fourth-order valence-electron chi connectivity index (χ4n) is 2.91. The molecule has 0 saturated carbocycles. The minimum atomic E-state index is -0.804. The van der Waals surface area contributed by atoms with Crippen LogP contribution in [-0.2, 0) is 4.79 Å². The van der Waals surface area contributed by atoms with E-state index in [9.17, 15) is 13.6 Å². The molecule has 0 bridgehead atoms. The zero-order valence-corrected chi connectivity index (χ0v) is 15.9. The molecule has 142 valence electrons. The molecule has 1 atom stereocenters. The van der Waals surface area contributed by atoms with E-state index >= 15 is 0 Å². The maximum absolute atomic E-state index is 14.4. The average Bonchev–Trinajstić information content (AvgIpc) is 3.03. The summed E-state index contributed by atoms with van der Waals surface area (Å²) in [6.07, 6.45) is 1.56. The second-order valence-electron chi connectivity index (χ2n) is 5.98. The largest absolute Gasteiger partial charge is 0.439 e. The average molecular weight is 419 g/mol. The minimum absolute atomic E-state index is 0.0129. The molecule has 1 aliphatic heterocycles. The van der Waals surface area contributed by atoms with Crippen LogP contribution < -0.4 is 9.64 Å². The van der Waals surface area contributed by atoms with E-state index in [1.807, 2.05) is 0 Å². The lowest BCUT2D eigenvalue weighted by Gasteiger charge is -2.25. The summed E-state index contributed by atoms with van der Waals surface area (Å²) in [5.41, 5.74) is 0.612. The molecule has 2 aromatic carbocycles. The van der Waals surface area contributed by atoms with Crippen molar-refractivity contribution in [2.45, 2.75) is 5.37 Å². The van der Waals surface area contributed by atoms with Crippen molar-refractivity contribution in [3.63, 3.8) is 0 Å². The summed E-state index contributed by atoms with van der Waals surface area (Å²) in [4.78, 5) is 18.1. The van der Waals surface area contributed by atoms with Crippen molar-refractivity contribution in [2.75, 3.05) is 10.7 Å². The highest BCUT2D eigenvalue weighted by Gasteiger charge is 2.37. The summed E-state index contributed by atoms with van der Waals surface area (Å²) < 4.78 is 33.5. The molecule has 3 aromatic rings. The first-order valence-corrected chi connectivity index (χ1v) is 9.72. The summed E-state index contributed by atoms with van der Waals surface area (Å²) in [6.45, 7) is 0. The van der Waals surface area contributed by atoms with Gasteiger partial charge in [-0.1, -0.05) is 17.7 Å². The maximum Gasteiger partial charge on any atom is 0.238 e. The molecule has 0 N–H and O–H groups in total. The Balaban J connectivity index is 1.72. The molecule has 28 heavy (non-hydrogen) atoms. The minimum Gasteiger partial charge on any atom is -0.439 e. The number of carbonyl (C=O) groups is 1. The molecule has 1 aliphatic rings. The van der Waals surface area contributed by atoms with Gasteiger partial charge in [0.25, 0.3) is 0 Å². The first kappa shape index (κ1) is 18.7. The third kappa shape index (κ3) is 3.68. The molecule has 1 fully saturated rings. The number of benzene rings is 2. The number of carbonyl (C=O) groups excluding carboxylic acids is 1. The first-order valence-electron chi connectivity index (χ1n) is 8.30. The van der Waals surface area contributed by atoms with Gasteiger partial charge in [-0.2, -0.15) is 0 Å². The van der Waals surface area contributed by atoms with Crippen LogP contribution in [0, 0.1) is 11.6 Å². The normalized spacial score (nSPS) is 16.5. The van der Waals surface area contributed by atoms with Gasteiger partial charge in [0.1, 0.15) is 22.8 Å². The molecule has 1 unspecified atom stereocenters. The summed E-state index contributed by atoms with van der Waals surface area (Å²) in [6, 6.07) is 13.5. The third-order valence-electron chi connectivity index (χ3n) is 4.11. The number of aromatic nitrogens is 1. The highest BCUT2D eigenvalue weighted by atomic mass is 35.5. The van der Waals surface area contributed by atoms with Gasteiger partial charge in [-0.25, -0.2) is 13.8 Å². The number of nitrogens with zero attached hydrogens (tertiary/aromatic N) is 2. The van der Waals surface area contributed by atoms with Crippen LogP contribution in [0.3, 0.4) is 0 Å². The fourth-order valence-corrected chi connectivity index (χ4v) is 4.27. The number of halogens is 3.